The predicted molar refractivity (Wildman–Crippen MR) is 81.1 cm³/mol. The van der Waals surface area contributed by atoms with Crippen LogP contribution in [0.3, 0.4) is 0 Å². The fourth-order valence-electron chi connectivity index (χ4n) is 1.96. The Balaban J connectivity index is 2.58. The van der Waals surface area contributed by atoms with Gasteiger partial charge in [0.05, 0.1) is 26.4 Å². The summed E-state index contributed by atoms with van der Waals surface area (Å²) in [6, 6.07) is 7.86. The summed E-state index contributed by atoms with van der Waals surface area (Å²) in [6.07, 6.45) is 1.79. The van der Waals surface area contributed by atoms with Gasteiger partial charge in [-0.05, 0) is 30.5 Å². The minimum absolute atomic E-state index is 0.0189. The summed E-state index contributed by atoms with van der Waals surface area (Å²) in [5.41, 5.74) is 7.24. The second-order valence-corrected chi connectivity index (χ2v) is 4.75. The van der Waals surface area contributed by atoms with E-state index < -0.39 is 0 Å². The Morgan fingerprint density at radius 2 is 1.75 bits per heavy atom. The smallest absolute Gasteiger partial charge is 0.118 e. The van der Waals surface area contributed by atoms with Crippen LogP contribution in [0, 0.1) is 0 Å². The minimum atomic E-state index is -0.101. The average Bonchev–Trinajstić information content (AvgIpc) is 2.50. The third-order valence-electron chi connectivity index (χ3n) is 3.18. The maximum absolute atomic E-state index is 6.16. The van der Waals surface area contributed by atoms with Crippen molar-refractivity contribution in [1.29, 1.82) is 0 Å². The molecule has 0 saturated carbocycles. The Morgan fingerprint density at radius 1 is 1.05 bits per heavy atom. The summed E-state index contributed by atoms with van der Waals surface area (Å²) >= 11 is 0. The number of benzene rings is 1. The van der Waals surface area contributed by atoms with Gasteiger partial charge in [-0.2, -0.15) is 0 Å². The lowest BCUT2D eigenvalue weighted by Crippen LogP contribution is -2.30. The first-order valence-corrected chi connectivity index (χ1v) is 7.31. The molecule has 4 heteroatoms. The van der Waals surface area contributed by atoms with Gasteiger partial charge in [-0.15, -0.1) is 0 Å². The fourth-order valence-corrected chi connectivity index (χ4v) is 1.96. The van der Waals surface area contributed by atoms with Crippen LogP contribution >= 0.6 is 0 Å². The molecule has 0 aliphatic heterocycles. The van der Waals surface area contributed by atoms with E-state index in [1.807, 2.05) is 24.3 Å². The van der Waals surface area contributed by atoms with Crippen molar-refractivity contribution in [3.05, 3.63) is 29.8 Å². The molecule has 0 radical (unpaired) electrons. The number of methoxy groups -OCH3 is 1. The summed E-state index contributed by atoms with van der Waals surface area (Å²) in [6.45, 7) is 6.10. The second-order valence-electron chi connectivity index (χ2n) is 4.75. The lowest BCUT2D eigenvalue weighted by Gasteiger charge is -2.24. The van der Waals surface area contributed by atoms with Gasteiger partial charge in [-0.3, -0.25) is 0 Å². The predicted octanol–water partition coefficient (Wildman–Crippen LogP) is 2.92. The summed E-state index contributed by atoms with van der Waals surface area (Å²) < 4.78 is 16.5. The molecule has 0 amide bonds. The zero-order valence-corrected chi connectivity index (χ0v) is 12.8. The van der Waals surface area contributed by atoms with Gasteiger partial charge in [0, 0.05) is 12.6 Å². The largest absolute Gasteiger partial charge is 0.497 e. The zero-order chi connectivity index (χ0) is 14.8. The summed E-state index contributed by atoms with van der Waals surface area (Å²) in [5, 5.41) is 0. The molecular weight excluding hydrogens is 254 g/mol. The second kappa shape index (κ2) is 9.75. The first-order valence-electron chi connectivity index (χ1n) is 7.31. The van der Waals surface area contributed by atoms with Gasteiger partial charge in [-0.25, -0.2) is 0 Å². The van der Waals surface area contributed by atoms with Crippen LogP contribution in [0.1, 0.15) is 38.4 Å². The molecule has 0 aliphatic carbocycles. The first-order chi connectivity index (χ1) is 9.72. The highest BCUT2D eigenvalue weighted by atomic mass is 16.5. The van der Waals surface area contributed by atoms with E-state index in [2.05, 4.69) is 13.8 Å². The van der Waals surface area contributed by atoms with Crippen LogP contribution in [-0.2, 0) is 9.47 Å². The van der Waals surface area contributed by atoms with Crippen LogP contribution < -0.4 is 10.5 Å². The SMILES string of the molecule is CCCOCCOC(c1ccc(OC)cc1)C(N)CC. The Morgan fingerprint density at radius 3 is 2.30 bits per heavy atom. The highest BCUT2D eigenvalue weighted by Crippen LogP contribution is 2.24. The molecule has 20 heavy (non-hydrogen) atoms. The van der Waals surface area contributed by atoms with E-state index in [1.54, 1.807) is 7.11 Å². The summed E-state index contributed by atoms with van der Waals surface area (Å²) in [7, 11) is 1.66. The molecule has 2 unspecified atom stereocenters. The summed E-state index contributed by atoms with van der Waals surface area (Å²) in [5.74, 6) is 0.837. The molecule has 0 fully saturated rings. The highest BCUT2D eigenvalue weighted by Gasteiger charge is 2.19. The number of hydrogen-bond acceptors (Lipinski definition) is 4. The van der Waals surface area contributed by atoms with Gasteiger partial charge >= 0.3 is 0 Å². The van der Waals surface area contributed by atoms with E-state index in [9.17, 15) is 0 Å². The highest BCUT2D eigenvalue weighted by molar-refractivity contribution is 5.29. The van der Waals surface area contributed by atoms with Crippen molar-refractivity contribution in [2.75, 3.05) is 26.9 Å². The van der Waals surface area contributed by atoms with Crippen LogP contribution in [0.4, 0.5) is 0 Å². The number of hydrogen-bond donors (Lipinski definition) is 1. The van der Waals surface area contributed by atoms with Gasteiger partial charge in [0.15, 0.2) is 0 Å². The van der Waals surface area contributed by atoms with E-state index >= 15 is 0 Å². The molecule has 1 aromatic carbocycles. The number of nitrogens with two attached hydrogens (primary N) is 1. The fraction of sp³-hybridized carbons (Fsp3) is 0.625. The van der Waals surface area contributed by atoms with Gasteiger partial charge in [-0.1, -0.05) is 26.0 Å². The third kappa shape index (κ3) is 5.49. The number of rotatable bonds is 10. The quantitative estimate of drug-likeness (QED) is 0.670. The average molecular weight is 281 g/mol. The Labute approximate surface area is 122 Å². The van der Waals surface area contributed by atoms with Crippen molar-refractivity contribution in [1.82, 2.24) is 0 Å². The first kappa shape index (κ1) is 17.0. The molecular formula is C16H27NO3. The summed E-state index contributed by atoms with van der Waals surface area (Å²) in [4.78, 5) is 0. The maximum atomic E-state index is 6.16. The Bertz CT molecular complexity index is 353. The molecule has 114 valence electrons. The molecule has 0 heterocycles. The monoisotopic (exact) mass is 281 g/mol. The topological polar surface area (TPSA) is 53.7 Å². The van der Waals surface area contributed by atoms with E-state index in [0.717, 1.165) is 30.8 Å². The third-order valence-corrected chi connectivity index (χ3v) is 3.18. The van der Waals surface area contributed by atoms with Crippen molar-refractivity contribution in [3.63, 3.8) is 0 Å². The lowest BCUT2D eigenvalue weighted by atomic mass is 10.0. The van der Waals surface area contributed by atoms with E-state index in [4.69, 9.17) is 19.9 Å². The standard InChI is InChI=1S/C16H27NO3/c1-4-10-19-11-12-20-16(15(17)5-2)13-6-8-14(18-3)9-7-13/h6-9,15-16H,4-5,10-12,17H2,1-3H3. The van der Waals surface area contributed by atoms with Crippen molar-refractivity contribution in [2.24, 2.45) is 5.73 Å². The van der Waals surface area contributed by atoms with Crippen LogP contribution in [0.15, 0.2) is 24.3 Å². The Hall–Kier alpha value is -1.10. The van der Waals surface area contributed by atoms with E-state index in [-0.39, 0.29) is 12.1 Å². The van der Waals surface area contributed by atoms with Crippen molar-refractivity contribution in [2.45, 2.75) is 38.8 Å². The normalized spacial score (nSPS) is 14.0. The van der Waals surface area contributed by atoms with Gasteiger partial charge < -0.3 is 19.9 Å². The van der Waals surface area contributed by atoms with Gasteiger partial charge in [0.1, 0.15) is 5.75 Å². The molecule has 4 nitrogen and oxygen atoms in total. The molecule has 1 rings (SSSR count). The van der Waals surface area contributed by atoms with Crippen LogP contribution in [0.2, 0.25) is 0 Å². The molecule has 2 atom stereocenters. The molecule has 1 aromatic rings. The lowest BCUT2D eigenvalue weighted by molar-refractivity contribution is -0.00768. The zero-order valence-electron chi connectivity index (χ0n) is 12.8. The van der Waals surface area contributed by atoms with E-state index in [1.165, 1.54) is 0 Å². The molecule has 0 saturated heterocycles. The minimum Gasteiger partial charge on any atom is -0.497 e. The molecule has 0 bridgehead atoms. The van der Waals surface area contributed by atoms with E-state index in [0.29, 0.717) is 13.2 Å². The van der Waals surface area contributed by atoms with Gasteiger partial charge in [0.25, 0.3) is 0 Å². The van der Waals surface area contributed by atoms with Crippen molar-refractivity contribution < 1.29 is 14.2 Å². The van der Waals surface area contributed by atoms with Crippen LogP contribution in [0.25, 0.3) is 0 Å². The molecule has 0 aliphatic rings. The molecule has 0 aromatic heterocycles. The van der Waals surface area contributed by atoms with Gasteiger partial charge in [0.2, 0.25) is 0 Å². The molecule has 2 N–H and O–H groups in total. The van der Waals surface area contributed by atoms with Crippen LogP contribution in [-0.4, -0.2) is 33.0 Å². The molecule has 0 spiro atoms. The Kier molecular flexibility index (Phi) is 8.26. The van der Waals surface area contributed by atoms with Crippen molar-refractivity contribution >= 4 is 0 Å². The number of ether oxygens (including phenoxy) is 3. The van der Waals surface area contributed by atoms with Crippen LogP contribution in [0.5, 0.6) is 5.75 Å². The maximum Gasteiger partial charge on any atom is 0.118 e. The van der Waals surface area contributed by atoms with Crippen molar-refractivity contribution in [3.8, 4) is 5.75 Å².